The molecule has 1 saturated heterocycles. The van der Waals surface area contributed by atoms with E-state index in [0.717, 1.165) is 12.8 Å². The maximum absolute atomic E-state index is 11.4. The van der Waals surface area contributed by atoms with Crippen LogP contribution >= 0.6 is 0 Å². The van der Waals surface area contributed by atoms with Gasteiger partial charge in [-0.2, -0.15) is 0 Å². The molecule has 0 aromatic heterocycles. The van der Waals surface area contributed by atoms with Gasteiger partial charge in [0.25, 0.3) is 0 Å². The van der Waals surface area contributed by atoms with Gasteiger partial charge in [-0.05, 0) is 12.8 Å². The van der Waals surface area contributed by atoms with Gasteiger partial charge in [0, 0.05) is 33.2 Å². The van der Waals surface area contributed by atoms with Gasteiger partial charge < -0.3 is 10.2 Å². The average Bonchev–Trinajstić information content (AvgIpc) is 2.25. The Morgan fingerprint density at radius 2 is 1.88 bits per heavy atom. The van der Waals surface area contributed by atoms with Crippen LogP contribution in [0.1, 0.15) is 12.8 Å². The zero-order valence-corrected chi connectivity index (χ0v) is 11.5. The lowest BCUT2D eigenvalue weighted by Crippen LogP contribution is -2.46. The minimum absolute atomic E-state index is 0.0375. The Kier molecular flexibility index (Phi) is 4.91. The molecule has 0 saturated carbocycles. The fourth-order valence-electron chi connectivity index (χ4n) is 1.78. The number of nitrogens with one attached hydrogen (secondary N) is 1. The molecule has 1 fully saturated rings. The first-order chi connectivity index (χ1) is 7.80. The molecule has 17 heavy (non-hydrogen) atoms. The van der Waals surface area contributed by atoms with Crippen LogP contribution in [0.2, 0.25) is 0 Å². The second-order valence-electron chi connectivity index (χ2n) is 4.61. The molecule has 1 rings (SSSR count). The molecule has 1 N–H and O–H groups in total. The lowest BCUT2D eigenvalue weighted by molar-refractivity contribution is -0.127. The third-order valence-electron chi connectivity index (χ3n) is 2.96. The highest BCUT2D eigenvalue weighted by Gasteiger charge is 2.24. The summed E-state index contributed by atoms with van der Waals surface area (Å²) in [6.45, 7) is 1.38. The average molecular weight is 263 g/mol. The normalized spacial score (nSPS) is 19.2. The number of amides is 1. The van der Waals surface area contributed by atoms with Crippen molar-refractivity contribution in [1.29, 1.82) is 0 Å². The summed E-state index contributed by atoms with van der Waals surface area (Å²) in [5.74, 6) is 0.0375. The van der Waals surface area contributed by atoms with Crippen LogP contribution < -0.4 is 5.32 Å². The number of carbonyl (C=O) groups excluding carboxylic acids is 1. The molecule has 0 radical (unpaired) electrons. The van der Waals surface area contributed by atoms with Crippen molar-refractivity contribution in [2.45, 2.75) is 18.9 Å². The molecule has 0 bridgehead atoms. The van der Waals surface area contributed by atoms with E-state index in [9.17, 15) is 13.2 Å². The quantitative estimate of drug-likeness (QED) is 0.713. The summed E-state index contributed by atoms with van der Waals surface area (Å²) in [5.41, 5.74) is 0. The topological polar surface area (TPSA) is 69.7 Å². The van der Waals surface area contributed by atoms with Crippen molar-refractivity contribution in [2.75, 3.05) is 40.0 Å². The second-order valence-corrected chi connectivity index (χ2v) is 6.59. The number of nitrogens with zero attached hydrogens (tertiary/aromatic N) is 2. The third-order valence-corrected chi connectivity index (χ3v) is 4.27. The molecule has 7 heteroatoms. The molecule has 0 unspecified atom stereocenters. The lowest BCUT2D eigenvalue weighted by Gasteiger charge is -2.30. The Morgan fingerprint density at radius 3 is 2.29 bits per heavy atom. The van der Waals surface area contributed by atoms with Crippen LogP contribution in [-0.4, -0.2) is 69.6 Å². The predicted molar refractivity (Wildman–Crippen MR) is 66.1 cm³/mol. The molecule has 1 heterocycles. The molecule has 0 atom stereocenters. The van der Waals surface area contributed by atoms with Gasteiger partial charge >= 0.3 is 0 Å². The summed E-state index contributed by atoms with van der Waals surface area (Å²) in [4.78, 5) is 12.9. The van der Waals surface area contributed by atoms with E-state index in [2.05, 4.69) is 5.32 Å². The molecule has 0 spiro atoms. The van der Waals surface area contributed by atoms with E-state index in [1.54, 1.807) is 19.0 Å². The van der Waals surface area contributed by atoms with Crippen LogP contribution in [-0.2, 0) is 14.8 Å². The molecule has 1 aliphatic rings. The van der Waals surface area contributed by atoms with Gasteiger partial charge in [0.1, 0.15) is 0 Å². The van der Waals surface area contributed by atoms with Gasteiger partial charge in [-0.1, -0.05) is 0 Å². The van der Waals surface area contributed by atoms with Crippen LogP contribution in [0.3, 0.4) is 0 Å². The highest BCUT2D eigenvalue weighted by atomic mass is 32.2. The molecule has 0 aromatic carbocycles. The fourth-order valence-corrected chi connectivity index (χ4v) is 2.66. The van der Waals surface area contributed by atoms with Crippen molar-refractivity contribution in [3.8, 4) is 0 Å². The lowest BCUT2D eigenvalue weighted by atomic mass is 10.1. The molecule has 0 aromatic rings. The SMILES string of the molecule is CN(C)C(=O)CNC1CCN(S(C)(=O)=O)CC1. The van der Waals surface area contributed by atoms with Gasteiger partial charge in [0.05, 0.1) is 12.8 Å². The maximum Gasteiger partial charge on any atom is 0.236 e. The molecule has 100 valence electrons. The third kappa shape index (κ3) is 4.61. The van der Waals surface area contributed by atoms with Gasteiger partial charge in [0.15, 0.2) is 0 Å². The zero-order valence-electron chi connectivity index (χ0n) is 10.6. The van der Waals surface area contributed by atoms with E-state index in [1.165, 1.54) is 10.6 Å². The van der Waals surface area contributed by atoms with Gasteiger partial charge in [-0.15, -0.1) is 0 Å². The smallest absolute Gasteiger partial charge is 0.236 e. The van der Waals surface area contributed by atoms with Crippen molar-refractivity contribution in [3.05, 3.63) is 0 Å². The van der Waals surface area contributed by atoms with Crippen molar-refractivity contribution in [3.63, 3.8) is 0 Å². The van der Waals surface area contributed by atoms with Crippen molar-refractivity contribution >= 4 is 15.9 Å². The highest BCUT2D eigenvalue weighted by Crippen LogP contribution is 2.12. The Hall–Kier alpha value is -0.660. The Labute approximate surface area is 103 Å². The number of carbonyl (C=O) groups is 1. The largest absolute Gasteiger partial charge is 0.348 e. The zero-order chi connectivity index (χ0) is 13.1. The van der Waals surface area contributed by atoms with E-state index >= 15 is 0 Å². The van der Waals surface area contributed by atoms with E-state index in [4.69, 9.17) is 0 Å². The highest BCUT2D eigenvalue weighted by molar-refractivity contribution is 7.88. The van der Waals surface area contributed by atoms with Crippen LogP contribution in [0.4, 0.5) is 0 Å². The molecule has 0 aliphatic carbocycles. The van der Waals surface area contributed by atoms with Crippen LogP contribution in [0.25, 0.3) is 0 Å². The number of hydrogen-bond acceptors (Lipinski definition) is 4. The van der Waals surface area contributed by atoms with Gasteiger partial charge in [-0.25, -0.2) is 12.7 Å². The summed E-state index contributed by atoms with van der Waals surface area (Å²) >= 11 is 0. The molecule has 1 amide bonds. The minimum atomic E-state index is -3.06. The summed E-state index contributed by atoms with van der Waals surface area (Å²) in [7, 11) is 0.373. The molecular formula is C10H21N3O3S. The van der Waals surface area contributed by atoms with Crippen molar-refractivity contribution < 1.29 is 13.2 Å². The number of sulfonamides is 1. The first-order valence-electron chi connectivity index (χ1n) is 5.69. The first-order valence-corrected chi connectivity index (χ1v) is 7.54. The van der Waals surface area contributed by atoms with E-state index in [0.29, 0.717) is 19.6 Å². The van der Waals surface area contributed by atoms with Crippen molar-refractivity contribution in [1.82, 2.24) is 14.5 Å². The first kappa shape index (κ1) is 14.4. The van der Waals surface area contributed by atoms with Crippen molar-refractivity contribution in [2.24, 2.45) is 0 Å². The second kappa shape index (κ2) is 5.79. The Balaban J connectivity index is 2.31. The summed E-state index contributed by atoms with van der Waals surface area (Å²) in [5, 5.41) is 3.16. The minimum Gasteiger partial charge on any atom is -0.348 e. The fraction of sp³-hybridized carbons (Fsp3) is 0.900. The number of likely N-dealkylation sites (N-methyl/N-ethyl adjacent to an activating group) is 1. The summed E-state index contributed by atoms with van der Waals surface area (Å²) in [6, 6.07) is 0.233. The van der Waals surface area contributed by atoms with Crippen LogP contribution in [0.5, 0.6) is 0 Å². The molecular weight excluding hydrogens is 242 g/mol. The Morgan fingerprint density at radius 1 is 1.35 bits per heavy atom. The van der Waals surface area contributed by atoms with Crippen LogP contribution in [0.15, 0.2) is 0 Å². The number of piperidine rings is 1. The summed E-state index contributed by atoms with van der Waals surface area (Å²) < 4.78 is 24.1. The van der Waals surface area contributed by atoms with Crippen LogP contribution in [0, 0.1) is 0 Å². The summed E-state index contributed by atoms with van der Waals surface area (Å²) in [6.07, 6.45) is 2.75. The number of hydrogen-bond donors (Lipinski definition) is 1. The maximum atomic E-state index is 11.4. The van der Waals surface area contributed by atoms with Gasteiger partial charge in [0.2, 0.25) is 15.9 Å². The monoisotopic (exact) mass is 263 g/mol. The number of rotatable bonds is 4. The Bertz CT molecular complexity index is 359. The molecule has 1 aliphatic heterocycles. The standard InChI is InChI=1S/C10H21N3O3S/c1-12(2)10(14)8-11-9-4-6-13(7-5-9)17(3,15)16/h9,11H,4-8H2,1-3H3. The van der Waals surface area contributed by atoms with Gasteiger partial charge in [-0.3, -0.25) is 4.79 Å². The van der Waals surface area contributed by atoms with E-state index < -0.39 is 10.0 Å². The predicted octanol–water partition coefficient (Wildman–Crippen LogP) is -0.912. The van der Waals surface area contributed by atoms with E-state index in [-0.39, 0.29) is 11.9 Å². The van der Waals surface area contributed by atoms with E-state index in [1.807, 2.05) is 0 Å². The molecule has 6 nitrogen and oxygen atoms in total.